The third-order valence-corrected chi connectivity index (χ3v) is 5.85. The number of carbonyl (C=O) groups is 1. The predicted molar refractivity (Wildman–Crippen MR) is 124 cm³/mol. The third-order valence-electron chi connectivity index (χ3n) is 5.44. The van der Waals surface area contributed by atoms with E-state index < -0.39 is 0 Å². The lowest BCUT2D eigenvalue weighted by Crippen LogP contribution is -2.39. The number of benzene rings is 1. The summed E-state index contributed by atoms with van der Waals surface area (Å²) in [5.74, 6) is 0.215. The van der Waals surface area contributed by atoms with Crippen molar-refractivity contribution in [2.75, 3.05) is 13.7 Å². The van der Waals surface area contributed by atoms with Crippen molar-refractivity contribution >= 4 is 39.3 Å². The second kappa shape index (κ2) is 8.47. The van der Waals surface area contributed by atoms with Gasteiger partial charge in [0.2, 0.25) is 5.88 Å². The molecule has 0 saturated heterocycles. The number of nitrogens with zero attached hydrogens (tertiary/aromatic N) is 5. The molecule has 3 heterocycles. The Kier molecular flexibility index (Phi) is 5.73. The van der Waals surface area contributed by atoms with E-state index in [4.69, 9.17) is 4.74 Å². The highest BCUT2D eigenvalue weighted by atomic mass is 79.9. The molecule has 0 spiro atoms. The van der Waals surface area contributed by atoms with Crippen LogP contribution < -0.4 is 0 Å². The maximum atomic E-state index is 13.3. The standard InChI is InChI=1S/C23H22BrN5O2/c1-14(11-25-16(3)31-4)18-6-5-7-19-15(2)28(9-8-20(18)19)23(30)21-10-22-26-12-17(24)13-29(22)27-21/h5-7,10-13,15H,1,3,8-9H2,2,4H3/b25-11-. The zero-order chi connectivity index (χ0) is 22.1. The number of carbonyl (C=O) groups excluding carboxylic acids is 1. The number of hydrogen-bond donors (Lipinski definition) is 0. The Bertz CT molecular complexity index is 1230. The van der Waals surface area contributed by atoms with Gasteiger partial charge in [0.25, 0.3) is 5.91 Å². The largest absolute Gasteiger partial charge is 0.481 e. The fourth-order valence-electron chi connectivity index (χ4n) is 3.82. The van der Waals surface area contributed by atoms with Crippen molar-refractivity contribution in [1.29, 1.82) is 0 Å². The summed E-state index contributed by atoms with van der Waals surface area (Å²) in [6, 6.07) is 7.69. The fraction of sp³-hybridized carbons (Fsp3) is 0.217. The normalized spacial score (nSPS) is 15.8. The minimum absolute atomic E-state index is 0.0978. The average molecular weight is 480 g/mol. The topological polar surface area (TPSA) is 72.1 Å². The molecule has 1 aromatic carbocycles. The van der Waals surface area contributed by atoms with Crippen LogP contribution in [0.3, 0.4) is 0 Å². The number of methoxy groups -OCH3 is 1. The van der Waals surface area contributed by atoms with E-state index in [2.05, 4.69) is 50.2 Å². The van der Waals surface area contributed by atoms with Crippen LogP contribution >= 0.6 is 15.9 Å². The number of rotatable bonds is 5. The molecular formula is C23H22BrN5O2. The zero-order valence-electron chi connectivity index (χ0n) is 17.4. The molecule has 0 fully saturated rings. The maximum absolute atomic E-state index is 13.3. The molecule has 1 amide bonds. The minimum atomic E-state index is -0.109. The molecule has 1 aliphatic heterocycles. The van der Waals surface area contributed by atoms with Gasteiger partial charge in [-0.25, -0.2) is 14.5 Å². The quantitative estimate of drug-likeness (QED) is 0.400. The number of fused-ring (bicyclic) bond motifs is 2. The van der Waals surface area contributed by atoms with Gasteiger partial charge in [-0.2, -0.15) is 5.10 Å². The van der Waals surface area contributed by atoms with E-state index >= 15 is 0 Å². The van der Waals surface area contributed by atoms with Crippen LogP contribution in [0.4, 0.5) is 0 Å². The van der Waals surface area contributed by atoms with Crippen molar-refractivity contribution < 1.29 is 9.53 Å². The molecule has 2 aromatic heterocycles. The smallest absolute Gasteiger partial charge is 0.274 e. The van der Waals surface area contributed by atoms with Crippen LogP contribution in [-0.4, -0.2) is 45.3 Å². The minimum Gasteiger partial charge on any atom is -0.481 e. The summed E-state index contributed by atoms with van der Waals surface area (Å²) in [5, 5.41) is 4.42. The molecule has 0 aliphatic carbocycles. The van der Waals surface area contributed by atoms with Gasteiger partial charge in [-0.1, -0.05) is 24.8 Å². The van der Waals surface area contributed by atoms with Crippen molar-refractivity contribution in [3.63, 3.8) is 0 Å². The average Bonchev–Trinajstić information content (AvgIpc) is 3.20. The number of aliphatic imine (C=N–C) groups is 1. The number of allylic oxidation sites excluding steroid dienone is 1. The lowest BCUT2D eigenvalue weighted by molar-refractivity contribution is 0.0671. The Morgan fingerprint density at radius 1 is 1.39 bits per heavy atom. The number of aromatic nitrogens is 3. The van der Waals surface area contributed by atoms with Crippen LogP contribution in [0.5, 0.6) is 0 Å². The first-order chi connectivity index (χ1) is 14.9. The van der Waals surface area contributed by atoms with Gasteiger partial charge < -0.3 is 9.64 Å². The Morgan fingerprint density at radius 3 is 2.97 bits per heavy atom. The molecule has 0 N–H and O–H groups in total. The summed E-state index contributed by atoms with van der Waals surface area (Å²) in [4.78, 5) is 23.6. The van der Waals surface area contributed by atoms with Crippen LogP contribution in [0.1, 0.15) is 40.1 Å². The number of ether oxygens (including phenoxy) is 1. The van der Waals surface area contributed by atoms with Crippen LogP contribution in [0, 0.1) is 0 Å². The molecule has 7 nitrogen and oxygen atoms in total. The molecule has 1 atom stereocenters. The number of hydrogen-bond acceptors (Lipinski definition) is 5. The Balaban J connectivity index is 1.61. The summed E-state index contributed by atoms with van der Waals surface area (Å²) in [5.41, 5.74) is 5.09. The van der Waals surface area contributed by atoms with Gasteiger partial charge in [-0.05, 0) is 58.1 Å². The summed E-state index contributed by atoms with van der Waals surface area (Å²) < 4.78 is 7.39. The maximum Gasteiger partial charge on any atom is 0.274 e. The van der Waals surface area contributed by atoms with E-state index in [-0.39, 0.29) is 11.9 Å². The van der Waals surface area contributed by atoms with Crippen molar-refractivity contribution in [3.05, 3.63) is 82.6 Å². The van der Waals surface area contributed by atoms with E-state index in [1.54, 1.807) is 29.2 Å². The van der Waals surface area contributed by atoms with Gasteiger partial charge >= 0.3 is 0 Å². The van der Waals surface area contributed by atoms with Gasteiger partial charge in [0.05, 0.1) is 17.6 Å². The summed E-state index contributed by atoms with van der Waals surface area (Å²) >= 11 is 3.38. The first-order valence-corrected chi connectivity index (χ1v) is 10.6. The first kappa shape index (κ1) is 21.0. The fourth-order valence-corrected chi connectivity index (χ4v) is 4.12. The monoisotopic (exact) mass is 479 g/mol. The Hall–Kier alpha value is -3.26. The molecule has 1 aliphatic rings. The SMILES string of the molecule is C=C(/N=C\C(=C)c1cccc2c1CCN(C(=O)c1cc3ncc(Br)cn3n1)C2C)OC. The second-order valence-corrected chi connectivity index (χ2v) is 8.20. The van der Waals surface area contributed by atoms with Crippen molar-refractivity contribution in [2.45, 2.75) is 19.4 Å². The highest BCUT2D eigenvalue weighted by molar-refractivity contribution is 9.10. The molecule has 31 heavy (non-hydrogen) atoms. The van der Waals surface area contributed by atoms with Crippen LogP contribution in [-0.2, 0) is 11.2 Å². The summed E-state index contributed by atoms with van der Waals surface area (Å²) in [6.45, 7) is 10.5. The van der Waals surface area contributed by atoms with Gasteiger partial charge in [-0.15, -0.1) is 0 Å². The molecular weight excluding hydrogens is 458 g/mol. The van der Waals surface area contributed by atoms with Gasteiger partial charge in [-0.3, -0.25) is 4.79 Å². The van der Waals surface area contributed by atoms with E-state index in [9.17, 15) is 4.79 Å². The summed E-state index contributed by atoms with van der Waals surface area (Å²) in [7, 11) is 1.53. The van der Waals surface area contributed by atoms with Gasteiger partial charge in [0, 0.05) is 31.2 Å². The lowest BCUT2D eigenvalue weighted by atomic mass is 9.87. The van der Waals surface area contributed by atoms with E-state index in [1.807, 2.05) is 24.0 Å². The molecule has 0 radical (unpaired) electrons. The highest BCUT2D eigenvalue weighted by Crippen LogP contribution is 2.34. The Labute approximate surface area is 188 Å². The van der Waals surface area contributed by atoms with Crippen LogP contribution in [0.2, 0.25) is 0 Å². The van der Waals surface area contributed by atoms with E-state index in [0.29, 0.717) is 23.8 Å². The van der Waals surface area contributed by atoms with E-state index in [1.165, 1.54) is 12.7 Å². The molecule has 8 heteroatoms. The second-order valence-electron chi connectivity index (χ2n) is 7.28. The van der Waals surface area contributed by atoms with E-state index in [0.717, 1.165) is 27.6 Å². The van der Waals surface area contributed by atoms with Crippen molar-refractivity contribution in [1.82, 2.24) is 19.5 Å². The Morgan fingerprint density at radius 2 is 2.19 bits per heavy atom. The highest BCUT2D eigenvalue weighted by Gasteiger charge is 2.31. The molecule has 158 valence electrons. The number of amides is 1. The van der Waals surface area contributed by atoms with Crippen molar-refractivity contribution in [3.8, 4) is 0 Å². The molecule has 4 rings (SSSR count). The third kappa shape index (κ3) is 4.03. The van der Waals surface area contributed by atoms with Crippen LogP contribution in [0.15, 0.2) is 65.2 Å². The van der Waals surface area contributed by atoms with Gasteiger partial charge in [0.1, 0.15) is 0 Å². The predicted octanol–water partition coefficient (Wildman–Crippen LogP) is 4.45. The summed E-state index contributed by atoms with van der Waals surface area (Å²) in [6.07, 6.45) is 5.85. The van der Waals surface area contributed by atoms with Crippen molar-refractivity contribution in [2.24, 2.45) is 4.99 Å². The number of halogens is 1. The zero-order valence-corrected chi connectivity index (χ0v) is 19.0. The van der Waals surface area contributed by atoms with Crippen LogP contribution in [0.25, 0.3) is 11.2 Å². The molecule has 0 bridgehead atoms. The molecule has 0 saturated carbocycles. The first-order valence-electron chi connectivity index (χ1n) is 9.79. The lowest BCUT2D eigenvalue weighted by Gasteiger charge is -2.36. The molecule has 1 unspecified atom stereocenters. The molecule has 3 aromatic rings. The van der Waals surface area contributed by atoms with Gasteiger partial charge in [0.15, 0.2) is 11.3 Å².